The number of methoxy groups -OCH3 is 2. The van der Waals surface area contributed by atoms with Crippen molar-refractivity contribution >= 4 is 16.8 Å². The van der Waals surface area contributed by atoms with Crippen LogP contribution in [0.25, 0.3) is 22.0 Å². The van der Waals surface area contributed by atoms with Gasteiger partial charge >= 0.3 is 0 Å². The Hall–Kier alpha value is -3.84. The van der Waals surface area contributed by atoms with Crippen molar-refractivity contribution in [3.05, 3.63) is 78.0 Å². The van der Waals surface area contributed by atoms with E-state index in [-0.39, 0.29) is 11.9 Å². The topological polar surface area (TPSA) is 102 Å². The molecule has 0 fully saturated rings. The van der Waals surface area contributed by atoms with E-state index in [0.717, 1.165) is 33.3 Å². The minimum Gasteiger partial charge on any atom is -0.497 e. The quantitative estimate of drug-likeness (QED) is 0.391. The second-order valence-corrected chi connectivity index (χ2v) is 7.47. The standard InChI is InChI=1S/C25H26N4O3/c1-31-21-8-4-6-17(13-21)22(9-10-26)28-25(30)18-7-3-5-16(11-18)19-12-20-15-27-29-24(20)23(14-19)32-2/h3-8,11-15,22H,9-10,26H2,1-2H3,(H,27,29)(H,28,30). The van der Waals surface area contributed by atoms with Crippen LogP contribution in [-0.4, -0.2) is 36.9 Å². The number of rotatable bonds is 8. The monoisotopic (exact) mass is 430 g/mol. The molecule has 1 atom stereocenters. The lowest BCUT2D eigenvalue weighted by molar-refractivity contribution is 0.0935. The van der Waals surface area contributed by atoms with Crippen molar-refractivity contribution in [3.63, 3.8) is 0 Å². The van der Waals surface area contributed by atoms with Gasteiger partial charge in [-0.05, 0) is 66.1 Å². The fourth-order valence-corrected chi connectivity index (χ4v) is 3.78. The predicted molar refractivity (Wildman–Crippen MR) is 125 cm³/mol. The molecule has 4 aromatic rings. The van der Waals surface area contributed by atoms with Crippen LogP contribution in [0.2, 0.25) is 0 Å². The predicted octanol–water partition coefficient (Wildman–Crippen LogP) is 4.07. The van der Waals surface area contributed by atoms with E-state index in [2.05, 4.69) is 15.5 Å². The molecule has 32 heavy (non-hydrogen) atoms. The minimum absolute atomic E-state index is 0.163. The van der Waals surface area contributed by atoms with Crippen LogP contribution >= 0.6 is 0 Å². The molecule has 0 spiro atoms. The van der Waals surface area contributed by atoms with Crippen molar-refractivity contribution < 1.29 is 14.3 Å². The highest BCUT2D eigenvalue weighted by atomic mass is 16.5. The molecule has 3 aromatic carbocycles. The third kappa shape index (κ3) is 4.43. The van der Waals surface area contributed by atoms with E-state index in [4.69, 9.17) is 15.2 Å². The Balaban J connectivity index is 1.61. The van der Waals surface area contributed by atoms with Crippen molar-refractivity contribution in [2.24, 2.45) is 5.73 Å². The number of aromatic amines is 1. The second kappa shape index (κ2) is 9.53. The van der Waals surface area contributed by atoms with E-state index < -0.39 is 0 Å². The van der Waals surface area contributed by atoms with E-state index in [0.29, 0.717) is 24.3 Å². The van der Waals surface area contributed by atoms with Gasteiger partial charge in [0.05, 0.1) is 26.5 Å². The molecule has 7 nitrogen and oxygen atoms in total. The Labute approximate surface area is 186 Å². The highest BCUT2D eigenvalue weighted by Gasteiger charge is 2.17. The number of benzene rings is 3. The first-order chi connectivity index (χ1) is 15.6. The number of aromatic nitrogens is 2. The summed E-state index contributed by atoms with van der Waals surface area (Å²) in [6.07, 6.45) is 2.37. The zero-order chi connectivity index (χ0) is 22.5. The summed E-state index contributed by atoms with van der Waals surface area (Å²) in [5.74, 6) is 1.28. The Morgan fingerprint density at radius 1 is 1.06 bits per heavy atom. The zero-order valence-corrected chi connectivity index (χ0v) is 18.1. The maximum Gasteiger partial charge on any atom is 0.251 e. The highest BCUT2D eigenvalue weighted by molar-refractivity contribution is 5.96. The van der Waals surface area contributed by atoms with Crippen molar-refractivity contribution in [2.45, 2.75) is 12.5 Å². The second-order valence-electron chi connectivity index (χ2n) is 7.47. The SMILES string of the molecule is COc1cccc(C(CCN)NC(=O)c2cccc(-c3cc(OC)c4[nH]ncc4c3)c2)c1. The lowest BCUT2D eigenvalue weighted by Crippen LogP contribution is -2.30. The summed E-state index contributed by atoms with van der Waals surface area (Å²) in [7, 11) is 3.25. The third-order valence-corrected chi connectivity index (χ3v) is 5.45. The van der Waals surface area contributed by atoms with E-state index >= 15 is 0 Å². The first-order valence-electron chi connectivity index (χ1n) is 10.4. The van der Waals surface area contributed by atoms with Crippen molar-refractivity contribution in [2.75, 3.05) is 20.8 Å². The fourth-order valence-electron chi connectivity index (χ4n) is 3.78. The van der Waals surface area contributed by atoms with Crippen LogP contribution in [0, 0.1) is 0 Å². The Kier molecular flexibility index (Phi) is 6.37. The summed E-state index contributed by atoms with van der Waals surface area (Å²) in [5.41, 5.74) is 10.0. The van der Waals surface area contributed by atoms with E-state index in [9.17, 15) is 4.79 Å². The zero-order valence-electron chi connectivity index (χ0n) is 18.1. The number of nitrogens with one attached hydrogen (secondary N) is 2. The Morgan fingerprint density at radius 2 is 1.91 bits per heavy atom. The Morgan fingerprint density at radius 3 is 2.69 bits per heavy atom. The number of H-pyrrole nitrogens is 1. The van der Waals surface area contributed by atoms with E-state index in [1.54, 1.807) is 26.5 Å². The number of fused-ring (bicyclic) bond motifs is 1. The van der Waals surface area contributed by atoms with Gasteiger partial charge in [0.25, 0.3) is 5.91 Å². The number of nitrogens with zero attached hydrogens (tertiary/aromatic N) is 1. The normalized spacial score (nSPS) is 11.8. The molecular weight excluding hydrogens is 404 g/mol. The average molecular weight is 431 g/mol. The van der Waals surface area contributed by atoms with E-state index in [1.165, 1.54) is 0 Å². The van der Waals surface area contributed by atoms with Gasteiger partial charge in [-0.1, -0.05) is 24.3 Å². The molecule has 0 bridgehead atoms. The molecule has 0 aliphatic heterocycles. The van der Waals surface area contributed by atoms with Crippen LogP contribution in [0.3, 0.4) is 0 Å². The largest absolute Gasteiger partial charge is 0.497 e. The lowest BCUT2D eigenvalue weighted by atomic mass is 10.00. The van der Waals surface area contributed by atoms with Crippen molar-refractivity contribution in [1.82, 2.24) is 15.5 Å². The summed E-state index contributed by atoms with van der Waals surface area (Å²) in [5, 5.41) is 11.1. The molecule has 1 aromatic heterocycles. The molecule has 0 radical (unpaired) electrons. The molecule has 0 saturated carbocycles. The summed E-state index contributed by atoms with van der Waals surface area (Å²) in [6.45, 7) is 0.451. The van der Waals surface area contributed by atoms with Gasteiger partial charge in [-0.15, -0.1) is 0 Å². The molecule has 4 N–H and O–H groups in total. The number of amides is 1. The van der Waals surface area contributed by atoms with Crippen molar-refractivity contribution in [3.8, 4) is 22.6 Å². The van der Waals surface area contributed by atoms with Gasteiger partial charge in [0, 0.05) is 10.9 Å². The fraction of sp³-hybridized carbons (Fsp3) is 0.200. The van der Waals surface area contributed by atoms with Crippen molar-refractivity contribution in [1.29, 1.82) is 0 Å². The third-order valence-electron chi connectivity index (χ3n) is 5.45. The van der Waals surface area contributed by atoms with Gasteiger partial charge in [-0.2, -0.15) is 5.10 Å². The van der Waals surface area contributed by atoms with Gasteiger partial charge in [0.15, 0.2) is 0 Å². The van der Waals surface area contributed by atoms with E-state index in [1.807, 2.05) is 54.6 Å². The molecular formula is C25H26N4O3. The first-order valence-corrected chi connectivity index (χ1v) is 10.4. The van der Waals surface area contributed by atoms with Crippen LogP contribution in [0.5, 0.6) is 11.5 Å². The molecule has 1 heterocycles. The number of carbonyl (C=O) groups is 1. The molecule has 1 unspecified atom stereocenters. The number of hydrogen-bond donors (Lipinski definition) is 3. The number of nitrogens with two attached hydrogens (primary N) is 1. The molecule has 0 saturated heterocycles. The average Bonchev–Trinajstić information content (AvgIpc) is 3.32. The van der Waals surface area contributed by atoms with Crippen LogP contribution in [0.4, 0.5) is 0 Å². The number of carbonyl (C=O) groups excluding carboxylic acids is 1. The highest BCUT2D eigenvalue weighted by Crippen LogP contribution is 2.31. The maximum absolute atomic E-state index is 13.1. The summed E-state index contributed by atoms with van der Waals surface area (Å²) in [4.78, 5) is 13.1. The van der Waals surface area contributed by atoms with Crippen LogP contribution in [-0.2, 0) is 0 Å². The molecule has 0 aliphatic carbocycles. The van der Waals surface area contributed by atoms with Crippen LogP contribution < -0.4 is 20.5 Å². The van der Waals surface area contributed by atoms with Gasteiger partial charge in [0.2, 0.25) is 0 Å². The molecule has 164 valence electrons. The van der Waals surface area contributed by atoms with Crippen LogP contribution in [0.1, 0.15) is 28.4 Å². The molecule has 7 heteroatoms. The first kappa shape index (κ1) is 21.4. The maximum atomic E-state index is 13.1. The molecule has 1 amide bonds. The molecule has 4 rings (SSSR count). The van der Waals surface area contributed by atoms with Gasteiger partial charge < -0.3 is 20.5 Å². The molecule has 0 aliphatic rings. The van der Waals surface area contributed by atoms with Gasteiger partial charge in [-0.25, -0.2) is 0 Å². The number of hydrogen-bond acceptors (Lipinski definition) is 5. The minimum atomic E-state index is -0.214. The Bertz CT molecular complexity index is 1230. The van der Waals surface area contributed by atoms with Crippen LogP contribution in [0.15, 0.2) is 66.9 Å². The number of ether oxygens (including phenoxy) is 2. The lowest BCUT2D eigenvalue weighted by Gasteiger charge is -2.19. The summed E-state index contributed by atoms with van der Waals surface area (Å²) >= 11 is 0. The van der Waals surface area contributed by atoms with Gasteiger partial charge in [0.1, 0.15) is 17.0 Å². The van der Waals surface area contributed by atoms with Gasteiger partial charge in [-0.3, -0.25) is 9.89 Å². The smallest absolute Gasteiger partial charge is 0.251 e. The summed E-state index contributed by atoms with van der Waals surface area (Å²) in [6, 6.07) is 18.9. The summed E-state index contributed by atoms with van der Waals surface area (Å²) < 4.78 is 10.8.